The molecule has 148 valence electrons. The number of nitro groups is 1. The molecule has 2 aromatic carbocycles. The Kier molecular flexibility index (Phi) is 7.50. The number of amides is 1. The van der Waals surface area contributed by atoms with Crippen LogP contribution >= 0.6 is 0 Å². The first-order valence-corrected chi connectivity index (χ1v) is 8.97. The van der Waals surface area contributed by atoms with Crippen LogP contribution in [0.3, 0.4) is 0 Å². The van der Waals surface area contributed by atoms with Gasteiger partial charge in [-0.25, -0.2) is 4.79 Å². The van der Waals surface area contributed by atoms with Crippen molar-refractivity contribution in [2.45, 2.75) is 26.7 Å². The third-order valence-electron chi connectivity index (χ3n) is 4.08. The fourth-order valence-electron chi connectivity index (χ4n) is 2.45. The number of unbranched alkanes of at least 4 members (excludes halogenated alkanes) is 1. The highest BCUT2D eigenvalue weighted by molar-refractivity contribution is 5.95. The molecule has 0 radical (unpaired) electrons. The van der Waals surface area contributed by atoms with E-state index in [9.17, 15) is 19.7 Å². The molecule has 0 saturated carbocycles. The quantitative estimate of drug-likeness (QED) is 0.293. The van der Waals surface area contributed by atoms with Gasteiger partial charge in [0.05, 0.1) is 34.9 Å². The SMILES string of the molecule is CCCCOC(=O)c1ccc(NCC(=O)Nc2cccc([N+](=O)[O-])c2C)cc1. The lowest BCUT2D eigenvalue weighted by molar-refractivity contribution is -0.385. The van der Waals surface area contributed by atoms with E-state index < -0.39 is 4.92 Å². The second-order valence-corrected chi connectivity index (χ2v) is 6.18. The number of nitrogens with one attached hydrogen (secondary N) is 2. The average molecular weight is 385 g/mol. The minimum Gasteiger partial charge on any atom is -0.462 e. The smallest absolute Gasteiger partial charge is 0.338 e. The molecular weight excluding hydrogens is 362 g/mol. The van der Waals surface area contributed by atoms with Crippen LogP contribution in [0.15, 0.2) is 42.5 Å². The zero-order valence-corrected chi connectivity index (χ0v) is 15.9. The topological polar surface area (TPSA) is 111 Å². The second-order valence-electron chi connectivity index (χ2n) is 6.18. The number of carbonyl (C=O) groups is 2. The van der Waals surface area contributed by atoms with Gasteiger partial charge in [0, 0.05) is 11.8 Å². The monoisotopic (exact) mass is 385 g/mol. The van der Waals surface area contributed by atoms with Crippen molar-refractivity contribution in [3.8, 4) is 0 Å². The summed E-state index contributed by atoms with van der Waals surface area (Å²) >= 11 is 0. The maximum absolute atomic E-state index is 12.1. The minimum absolute atomic E-state index is 0.0254. The highest BCUT2D eigenvalue weighted by Crippen LogP contribution is 2.24. The summed E-state index contributed by atoms with van der Waals surface area (Å²) in [5, 5.41) is 16.6. The number of benzene rings is 2. The van der Waals surface area contributed by atoms with E-state index in [0.29, 0.717) is 29.1 Å². The van der Waals surface area contributed by atoms with E-state index in [2.05, 4.69) is 10.6 Å². The van der Waals surface area contributed by atoms with E-state index >= 15 is 0 Å². The molecule has 2 rings (SSSR count). The number of nitro benzene ring substituents is 1. The summed E-state index contributed by atoms with van der Waals surface area (Å²) in [5.41, 5.74) is 1.85. The Morgan fingerprint density at radius 2 is 1.86 bits per heavy atom. The summed E-state index contributed by atoms with van der Waals surface area (Å²) in [6.45, 7) is 3.97. The van der Waals surface area contributed by atoms with E-state index in [0.717, 1.165) is 12.8 Å². The Bertz CT molecular complexity index is 849. The first kappa shape index (κ1) is 20.9. The van der Waals surface area contributed by atoms with Gasteiger partial charge in [-0.15, -0.1) is 0 Å². The molecule has 8 heteroatoms. The van der Waals surface area contributed by atoms with Crippen LogP contribution in [0.1, 0.15) is 35.7 Å². The van der Waals surface area contributed by atoms with Gasteiger partial charge in [0.1, 0.15) is 0 Å². The molecule has 0 fully saturated rings. The predicted molar refractivity (Wildman–Crippen MR) is 107 cm³/mol. The molecule has 0 aliphatic heterocycles. The van der Waals surface area contributed by atoms with E-state index in [1.165, 1.54) is 12.1 Å². The molecule has 8 nitrogen and oxygen atoms in total. The van der Waals surface area contributed by atoms with Gasteiger partial charge in [-0.3, -0.25) is 14.9 Å². The number of carbonyl (C=O) groups excluding carboxylic acids is 2. The van der Waals surface area contributed by atoms with Gasteiger partial charge in [-0.1, -0.05) is 19.4 Å². The Morgan fingerprint density at radius 1 is 1.14 bits per heavy atom. The van der Waals surface area contributed by atoms with E-state index in [1.807, 2.05) is 6.92 Å². The maximum Gasteiger partial charge on any atom is 0.338 e. The molecule has 0 aliphatic carbocycles. The van der Waals surface area contributed by atoms with E-state index in [1.54, 1.807) is 37.3 Å². The van der Waals surface area contributed by atoms with Crippen molar-refractivity contribution in [2.24, 2.45) is 0 Å². The molecule has 0 aliphatic rings. The summed E-state index contributed by atoms with van der Waals surface area (Å²) in [5.74, 6) is -0.717. The zero-order chi connectivity index (χ0) is 20.5. The average Bonchev–Trinajstić information content (AvgIpc) is 2.68. The molecular formula is C20H23N3O5. The minimum atomic E-state index is -0.488. The number of esters is 1. The number of anilines is 2. The molecule has 28 heavy (non-hydrogen) atoms. The number of hydrogen-bond acceptors (Lipinski definition) is 6. The van der Waals surface area contributed by atoms with Crippen molar-refractivity contribution in [1.82, 2.24) is 0 Å². The third-order valence-corrected chi connectivity index (χ3v) is 4.08. The summed E-state index contributed by atoms with van der Waals surface area (Å²) in [4.78, 5) is 34.5. The summed E-state index contributed by atoms with van der Waals surface area (Å²) in [6.07, 6.45) is 1.78. The maximum atomic E-state index is 12.1. The van der Waals surface area contributed by atoms with Crippen LogP contribution < -0.4 is 10.6 Å². The molecule has 2 aromatic rings. The fraction of sp³-hybridized carbons (Fsp3) is 0.300. The molecule has 0 saturated heterocycles. The normalized spacial score (nSPS) is 10.2. The van der Waals surface area contributed by atoms with Crippen LogP contribution in [0.2, 0.25) is 0 Å². The lowest BCUT2D eigenvalue weighted by Gasteiger charge is -2.10. The lowest BCUT2D eigenvalue weighted by Crippen LogP contribution is -2.22. The lowest BCUT2D eigenvalue weighted by atomic mass is 10.1. The molecule has 0 aromatic heterocycles. The molecule has 0 spiro atoms. The van der Waals surface area contributed by atoms with Gasteiger partial charge in [0.15, 0.2) is 0 Å². The number of nitrogens with zero attached hydrogens (tertiary/aromatic N) is 1. The fourth-order valence-corrected chi connectivity index (χ4v) is 2.45. The zero-order valence-electron chi connectivity index (χ0n) is 15.9. The number of ether oxygens (including phenoxy) is 1. The van der Waals surface area contributed by atoms with Gasteiger partial charge >= 0.3 is 5.97 Å². The van der Waals surface area contributed by atoms with Crippen molar-refractivity contribution in [2.75, 3.05) is 23.8 Å². The van der Waals surface area contributed by atoms with Gasteiger partial charge in [-0.05, 0) is 43.7 Å². The molecule has 0 bridgehead atoms. The van der Waals surface area contributed by atoms with Crippen molar-refractivity contribution >= 4 is 28.9 Å². The van der Waals surface area contributed by atoms with Crippen molar-refractivity contribution < 1.29 is 19.2 Å². The van der Waals surface area contributed by atoms with Crippen LogP contribution in [-0.4, -0.2) is 30.0 Å². The Balaban J connectivity index is 1.89. The van der Waals surface area contributed by atoms with Crippen LogP contribution in [0.4, 0.5) is 17.1 Å². The molecule has 0 unspecified atom stereocenters. The van der Waals surface area contributed by atoms with E-state index in [4.69, 9.17) is 4.74 Å². The highest BCUT2D eigenvalue weighted by Gasteiger charge is 2.14. The number of rotatable bonds is 9. The third kappa shape index (κ3) is 5.80. The summed E-state index contributed by atoms with van der Waals surface area (Å²) in [6, 6.07) is 11.1. The van der Waals surface area contributed by atoms with Gasteiger partial charge in [-0.2, -0.15) is 0 Å². The summed E-state index contributed by atoms with van der Waals surface area (Å²) < 4.78 is 5.14. The second kappa shape index (κ2) is 10.1. The molecule has 0 atom stereocenters. The molecule has 0 heterocycles. The van der Waals surface area contributed by atoms with Crippen molar-refractivity contribution in [3.63, 3.8) is 0 Å². The van der Waals surface area contributed by atoms with Crippen molar-refractivity contribution in [3.05, 3.63) is 63.7 Å². The van der Waals surface area contributed by atoms with Gasteiger partial charge < -0.3 is 15.4 Å². The predicted octanol–water partition coefficient (Wildman–Crippen LogP) is 3.91. The Labute approximate surface area is 163 Å². The van der Waals surface area contributed by atoms with E-state index in [-0.39, 0.29) is 24.1 Å². The van der Waals surface area contributed by atoms with Crippen LogP contribution in [0.25, 0.3) is 0 Å². The van der Waals surface area contributed by atoms with Crippen LogP contribution in [0.5, 0.6) is 0 Å². The number of hydrogen-bond donors (Lipinski definition) is 2. The van der Waals surface area contributed by atoms with Crippen LogP contribution in [-0.2, 0) is 9.53 Å². The Morgan fingerprint density at radius 3 is 2.50 bits per heavy atom. The highest BCUT2D eigenvalue weighted by atomic mass is 16.6. The van der Waals surface area contributed by atoms with Crippen LogP contribution in [0, 0.1) is 17.0 Å². The largest absolute Gasteiger partial charge is 0.462 e. The standard InChI is InChI=1S/C20H23N3O5/c1-3-4-12-28-20(25)15-8-10-16(11-9-15)21-13-19(24)22-17-6-5-7-18(14(17)2)23(26)27/h5-11,21H,3-4,12-13H2,1-2H3,(H,22,24). The van der Waals surface area contributed by atoms with Gasteiger partial charge in [0.2, 0.25) is 5.91 Å². The van der Waals surface area contributed by atoms with Gasteiger partial charge in [0.25, 0.3) is 5.69 Å². The van der Waals surface area contributed by atoms with Crippen molar-refractivity contribution in [1.29, 1.82) is 0 Å². The molecule has 2 N–H and O–H groups in total. The first-order valence-electron chi connectivity index (χ1n) is 8.97. The first-order chi connectivity index (χ1) is 13.4. The Hall–Kier alpha value is -3.42. The molecule has 1 amide bonds. The summed E-state index contributed by atoms with van der Waals surface area (Å²) in [7, 11) is 0.